The summed E-state index contributed by atoms with van der Waals surface area (Å²) in [6.45, 7) is -0.383. The first kappa shape index (κ1) is 21.9. The molecule has 1 aliphatic carbocycles. The molecule has 0 saturated heterocycles. The average molecular weight is 451 g/mol. The lowest BCUT2D eigenvalue weighted by molar-refractivity contribution is -0.137. The van der Waals surface area contributed by atoms with Crippen LogP contribution in [0.1, 0.15) is 36.8 Å². The lowest BCUT2D eigenvalue weighted by Gasteiger charge is -2.32. The number of alkyl halides is 3. The standard InChI is InChI=1S/C22H18F5N3O2/c23-16-8-7-15(11-17(16)24)28-18(31)12-30-20(32)19(29-21(30)9-1-2-10-21)13-3-5-14(6-4-13)22(25,26)27/h3-8,11H,1-2,9-10,12H2,(H,28,31). The zero-order valence-electron chi connectivity index (χ0n) is 16.7. The van der Waals surface area contributed by atoms with Gasteiger partial charge in [0.05, 0.1) is 5.56 Å². The van der Waals surface area contributed by atoms with Gasteiger partial charge in [0.25, 0.3) is 5.91 Å². The van der Waals surface area contributed by atoms with Crippen molar-refractivity contribution in [2.75, 3.05) is 11.9 Å². The Balaban J connectivity index is 1.56. The molecule has 10 heteroatoms. The van der Waals surface area contributed by atoms with Crippen LogP contribution in [0.15, 0.2) is 47.5 Å². The number of amides is 2. The van der Waals surface area contributed by atoms with Crippen LogP contribution in [0.5, 0.6) is 0 Å². The van der Waals surface area contributed by atoms with E-state index in [1.807, 2.05) is 0 Å². The van der Waals surface area contributed by atoms with Gasteiger partial charge in [-0.1, -0.05) is 12.1 Å². The van der Waals surface area contributed by atoms with Crippen molar-refractivity contribution in [2.45, 2.75) is 37.5 Å². The number of nitrogens with zero attached hydrogens (tertiary/aromatic N) is 2. The Hall–Kier alpha value is -3.30. The van der Waals surface area contributed by atoms with Crippen LogP contribution >= 0.6 is 0 Å². The van der Waals surface area contributed by atoms with E-state index < -0.39 is 40.9 Å². The Bertz CT molecular complexity index is 1090. The van der Waals surface area contributed by atoms with Crippen molar-refractivity contribution in [1.82, 2.24) is 4.90 Å². The summed E-state index contributed by atoms with van der Waals surface area (Å²) in [7, 11) is 0. The quantitative estimate of drug-likeness (QED) is 0.695. The third-order valence-electron chi connectivity index (χ3n) is 5.67. The van der Waals surface area contributed by atoms with Gasteiger partial charge in [-0.05, 0) is 49.9 Å². The number of carbonyl (C=O) groups is 2. The largest absolute Gasteiger partial charge is 0.416 e. The highest BCUT2D eigenvalue weighted by Gasteiger charge is 2.49. The van der Waals surface area contributed by atoms with Crippen LogP contribution in [-0.2, 0) is 15.8 Å². The fourth-order valence-corrected chi connectivity index (χ4v) is 4.10. The summed E-state index contributed by atoms with van der Waals surface area (Å²) in [6, 6.07) is 7.03. The van der Waals surface area contributed by atoms with E-state index in [1.54, 1.807) is 0 Å². The topological polar surface area (TPSA) is 61.8 Å². The lowest BCUT2D eigenvalue weighted by Crippen LogP contribution is -2.48. The SMILES string of the molecule is O=C(CN1C(=O)C(c2ccc(C(F)(F)F)cc2)=NC12CCCC2)Nc1ccc(F)c(F)c1. The van der Waals surface area contributed by atoms with E-state index in [2.05, 4.69) is 10.3 Å². The molecular weight excluding hydrogens is 433 g/mol. The van der Waals surface area contributed by atoms with Crippen LogP contribution in [-0.4, -0.2) is 34.6 Å². The number of hydrogen-bond donors (Lipinski definition) is 1. The highest BCUT2D eigenvalue weighted by atomic mass is 19.4. The number of aliphatic imine (C=N–C) groups is 1. The molecule has 168 valence electrons. The molecule has 1 N–H and O–H groups in total. The van der Waals surface area contributed by atoms with E-state index in [1.165, 1.54) is 23.1 Å². The second-order valence-corrected chi connectivity index (χ2v) is 7.79. The average Bonchev–Trinajstić information content (AvgIpc) is 3.31. The molecule has 1 heterocycles. The maximum atomic E-state index is 13.4. The van der Waals surface area contributed by atoms with Gasteiger partial charge >= 0.3 is 6.18 Å². The third-order valence-corrected chi connectivity index (χ3v) is 5.67. The molecule has 2 aromatic rings. The Labute approximate surface area is 179 Å². The van der Waals surface area contributed by atoms with Crippen molar-refractivity contribution in [1.29, 1.82) is 0 Å². The fourth-order valence-electron chi connectivity index (χ4n) is 4.10. The van der Waals surface area contributed by atoms with Gasteiger partial charge in [0, 0.05) is 17.3 Å². The number of nitrogens with one attached hydrogen (secondary N) is 1. The van der Waals surface area contributed by atoms with Gasteiger partial charge in [0.2, 0.25) is 5.91 Å². The molecule has 2 aliphatic rings. The molecule has 2 aromatic carbocycles. The second kappa shape index (κ2) is 7.99. The maximum Gasteiger partial charge on any atom is 0.416 e. The lowest BCUT2D eigenvalue weighted by atomic mass is 10.1. The van der Waals surface area contributed by atoms with Crippen LogP contribution in [0.25, 0.3) is 0 Å². The van der Waals surface area contributed by atoms with Crippen LogP contribution < -0.4 is 5.32 Å². The van der Waals surface area contributed by atoms with Gasteiger partial charge in [0.15, 0.2) is 11.6 Å². The molecule has 0 aromatic heterocycles. The fraction of sp³-hybridized carbons (Fsp3) is 0.318. The molecule has 1 spiro atoms. The summed E-state index contributed by atoms with van der Waals surface area (Å²) in [5.41, 5.74) is -1.52. The predicted molar refractivity (Wildman–Crippen MR) is 106 cm³/mol. The van der Waals surface area contributed by atoms with Crippen molar-refractivity contribution >= 4 is 23.2 Å². The minimum atomic E-state index is -4.50. The Kier molecular flexibility index (Phi) is 5.47. The normalized spacial score (nSPS) is 17.7. The van der Waals surface area contributed by atoms with Gasteiger partial charge in [-0.2, -0.15) is 13.2 Å². The summed E-state index contributed by atoms with van der Waals surface area (Å²) in [5, 5.41) is 2.43. The molecule has 1 saturated carbocycles. The summed E-state index contributed by atoms with van der Waals surface area (Å²) >= 11 is 0. The molecule has 4 rings (SSSR count). The first-order chi connectivity index (χ1) is 15.1. The van der Waals surface area contributed by atoms with Crippen LogP contribution in [0, 0.1) is 11.6 Å². The Morgan fingerprint density at radius 1 is 1.03 bits per heavy atom. The van der Waals surface area contributed by atoms with Crippen molar-refractivity contribution in [3.05, 3.63) is 65.2 Å². The van der Waals surface area contributed by atoms with Crippen molar-refractivity contribution in [2.24, 2.45) is 4.99 Å². The van der Waals surface area contributed by atoms with E-state index in [4.69, 9.17) is 0 Å². The Morgan fingerprint density at radius 2 is 1.69 bits per heavy atom. The van der Waals surface area contributed by atoms with E-state index in [0.717, 1.165) is 37.1 Å². The van der Waals surface area contributed by atoms with E-state index in [-0.39, 0.29) is 23.5 Å². The van der Waals surface area contributed by atoms with Crippen molar-refractivity contribution in [3.8, 4) is 0 Å². The molecule has 0 atom stereocenters. The minimum absolute atomic E-state index is 0.00116. The Morgan fingerprint density at radius 3 is 2.28 bits per heavy atom. The molecular formula is C22H18F5N3O2. The summed E-state index contributed by atoms with van der Waals surface area (Å²) in [4.78, 5) is 31.5. The molecule has 1 fully saturated rings. The van der Waals surface area contributed by atoms with Crippen LogP contribution in [0.4, 0.5) is 27.6 Å². The zero-order valence-corrected chi connectivity index (χ0v) is 16.7. The number of carbonyl (C=O) groups excluding carboxylic acids is 2. The van der Waals surface area contributed by atoms with Gasteiger partial charge < -0.3 is 10.2 Å². The smallest absolute Gasteiger partial charge is 0.324 e. The first-order valence-electron chi connectivity index (χ1n) is 9.93. The highest BCUT2D eigenvalue weighted by molar-refractivity contribution is 6.47. The first-order valence-corrected chi connectivity index (χ1v) is 9.93. The monoisotopic (exact) mass is 451 g/mol. The summed E-state index contributed by atoms with van der Waals surface area (Å²) < 4.78 is 65.0. The molecule has 5 nitrogen and oxygen atoms in total. The van der Waals surface area contributed by atoms with E-state index >= 15 is 0 Å². The van der Waals surface area contributed by atoms with Crippen molar-refractivity contribution in [3.63, 3.8) is 0 Å². The third kappa shape index (κ3) is 4.09. The number of rotatable bonds is 4. The highest BCUT2D eigenvalue weighted by Crippen LogP contribution is 2.41. The van der Waals surface area contributed by atoms with E-state index in [9.17, 15) is 31.5 Å². The maximum absolute atomic E-state index is 13.4. The minimum Gasteiger partial charge on any atom is -0.324 e. The van der Waals surface area contributed by atoms with Gasteiger partial charge in [-0.25, -0.2) is 8.78 Å². The van der Waals surface area contributed by atoms with E-state index in [0.29, 0.717) is 12.8 Å². The van der Waals surface area contributed by atoms with Gasteiger partial charge in [-0.3, -0.25) is 14.6 Å². The molecule has 2 amide bonds. The molecule has 1 aliphatic heterocycles. The molecule has 32 heavy (non-hydrogen) atoms. The summed E-state index contributed by atoms with van der Waals surface area (Å²) in [5.74, 6) is -3.37. The van der Waals surface area contributed by atoms with Gasteiger partial charge in [-0.15, -0.1) is 0 Å². The summed E-state index contributed by atoms with van der Waals surface area (Å²) in [6.07, 6.45) is -1.92. The number of anilines is 1. The van der Waals surface area contributed by atoms with Crippen molar-refractivity contribution < 1.29 is 31.5 Å². The predicted octanol–water partition coefficient (Wildman–Crippen LogP) is 4.52. The zero-order chi connectivity index (χ0) is 23.1. The molecule has 0 bridgehead atoms. The molecule has 0 unspecified atom stereocenters. The van der Waals surface area contributed by atoms with Crippen LogP contribution in [0.3, 0.4) is 0 Å². The number of benzene rings is 2. The number of halogens is 5. The van der Waals surface area contributed by atoms with Gasteiger partial charge in [0.1, 0.15) is 17.9 Å². The van der Waals surface area contributed by atoms with Crippen LogP contribution in [0.2, 0.25) is 0 Å². The second-order valence-electron chi connectivity index (χ2n) is 7.79. The molecule has 0 radical (unpaired) electrons. The number of hydrogen-bond acceptors (Lipinski definition) is 3.